The van der Waals surface area contributed by atoms with E-state index < -0.39 is 0 Å². The zero-order valence-corrected chi connectivity index (χ0v) is 14.5. The number of aryl methyl sites for hydroxylation is 1. The lowest BCUT2D eigenvalue weighted by atomic mass is 9.70. The molecule has 0 bridgehead atoms. The van der Waals surface area contributed by atoms with Crippen molar-refractivity contribution in [1.29, 1.82) is 0 Å². The maximum absolute atomic E-state index is 12.7. The Morgan fingerprint density at radius 3 is 2.83 bits per heavy atom. The summed E-state index contributed by atoms with van der Waals surface area (Å²) < 4.78 is 11.2. The second-order valence-electron chi connectivity index (χ2n) is 7.21. The number of benzene rings is 1. The summed E-state index contributed by atoms with van der Waals surface area (Å²) in [6.07, 6.45) is 3.88. The van der Waals surface area contributed by atoms with Crippen molar-refractivity contribution in [2.24, 2.45) is 5.92 Å². The first-order valence-electron chi connectivity index (χ1n) is 9.00. The Labute approximate surface area is 143 Å². The molecule has 4 rings (SSSR count). The molecular weight excluding hydrogens is 304 g/mol. The number of rotatable bonds is 4. The molecule has 2 saturated heterocycles. The normalized spacial score (nSPS) is 32.2. The van der Waals surface area contributed by atoms with Gasteiger partial charge in [-0.05, 0) is 63.0 Å². The quantitative estimate of drug-likeness (QED) is 0.917. The highest BCUT2D eigenvalue weighted by atomic mass is 16.5. The molecule has 1 saturated carbocycles. The van der Waals surface area contributed by atoms with E-state index in [1.54, 1.807) is 7.11 Å². The molecule has 1 aromatic rings. The standard InChI is InChI=1S/C19H26N2O3/c1-12-11-13(5-6-15(12)23-2)19(22)20-16-14-7-10-24-18(14)17(16)21-8-3-4-9-21/h5-6,11,14,16-18H,3-4,7-10H2,1-2H3,(H,20,22)/t14-,16+,17-,18-/m1/s1. The van der Waals surface area contributed by atoms with Gasteiger partial charge in [0.25, 0.3) is 5.91 Å². The topological polar surface area (TPSA) is 50.8 Å². The Hall–Kier alpha value is -1.59. The smallest absolute Gasteiger partial charge is 0.251 e. The van der Waals surface area contributed by atoms with Crippen LogP contribution in [-0.2, 0) is 4.74 Å². The second-order valence-corrected chi connectivity index (χ2v) is 7.21. The first kappa shape index (κ1) is 15.9. The Kier molecular flexibility index (Phi) is 4.22. The Morgan fingerprint density at radius 2 is 2.12 bits per heavy atom. The number of methoxy groups -OCH3 is 1. The average molecular weight is 330 g/mol. The number of nitrogens with one attached hydrogen (secondary N) is 1. The van der Waals surface area contributed by atoms with Crippen LogP contribution >= 0.6 is 0 Å². The largest absolute Gasteiger partial charge is 0.496 e. The van der Waals surface area contributed by atoms with Crippen LogP contribution in [0.4, 0.5) is 0 Å². The van der Waals surface area contributed by atoms with Gasteiger partial charge in [-0.2, -0.15) is 0 Å². The van der Waals surface area contributed by atoms with Crippen molar-refractivity contribution < 1.29 is 14.3 Å². The Balaban J connectivity index is 1.48. The molecule has 5 heteroatoms. The number of likely N-dealkylation sites (tertiary alicyclic amines) is 1. The van der Waals surface area contributed by atoms with E-state index in [2.05, 4.69) is 10.2 Å². The number of fused-ring (bicyclic) bond motifs is 1. The summed E-state index contributed by atoms with van der Waals surface area (Å²) in [5.74, 6) is 1.30. The van der Waals surface area contributed by atoms with E-state index in [0.29, 0.717) is 23.6 Å². The van der Waals surface area contributed by atoms with Crippen LogP contribution < -0.4 is 10.1 Å². The van der Waals surface area contributed by atoms with Crippen molar-refractivity contribution in [1.82, 2.24) is 10.2 Å². The molecule has 3 aliphatic rings. The van der Waals surface area contributed by atoms with Gasteiger partial charge in [0.05, 0.1) is 25.3 Å². The predicted molar refractivity (Wildman–Crippen MR) is 91.4 cm³/mol. The molecule has 0 spiro atoms. The van der Waals surface area contributed by atoms with Gasteiger partial charge in [-0.3, -0.25) is 9.69 Å². The van der Waals surface area contributed by atoms with E-state index in [4.69, 9.17) is 9.47 Å². The van der Waals surface area contributed by atoms with Crippen molar-refractivity contribution >= 4 is 5.91 Å². The summed E-state index contributed by atoms with van der Waals surface area (Å²) in [6, 6.07) is 6.17. The van der Waals surface area contributed by atoms with Gasteiger partial charge in [-0.15, -0.1) is 0 Å². The van der Waals surface area contributed by atoms with Crippen LogP contribution in [0.1, 0.15) is 35.2 Å². The lowest BCUT2D eigenvalue weighted by Crippen LogP contribution is -2.70. The van der Waals surface area contributed by atoms with Crippen molar-refractivity contribution in [3.63, 3.8) is 0 Å². The molecule has 2 heterocycles. The maximum Gasteiger partial charge on any atom is 0.251 e. The van der Waals surface area contributed by atoms with Crippen molar-refractivity contribution in [2.75, 3.05) is 26.8 Å². The fourth-order valence-corrected chi connectivity index (χ4v) is 4.60. The van der Waals surface area contributed by atoms with Crippen molar-refractivity contribution in [3.8, 4) is 5.75 Å². The summed E-state index contributed by atoms with van der Waals surface area (Å²) in [4.78, 5) is 15.2. The molecule has 1 aromatic carbocycles. The van der Waals surface area contributed by atoms with Crippen LogP contribution in [0.3, 0.4) is 0 Å². The number of hydrogen-bond donors (Lipinski definition) is 1. The first-order chi connectivity index (χ1) is 11.7. The molecule has 0 unspecified atom stereocenters. The van der Waals surface area contributed by atoms with Gasteiger partial charge in [-0.1, -0.05) is 0 Å². The monoisotopic (exact) mass is 330 g/mol. The fourth-order valence-electron chi connectivity index (χ4n) is 4.60. The molecular formula is C19H26N2O3. The Morgan fingerprint density at radius 1 is 1.33 bits per heavy atom. The summed E-state index contributed by atoms with van der Waals surface area (Å²) in [6.45, 7) is 5.05. The number of amides is 1. The maximum atomic E-state index is 12.7. The zero-order valence-electron chi connectivity index (χ0n) is 14.5. The number of carbonyl (C=O) groups excluding carboxylic acids is 1. The highest BCUT2D eigenvalue weighted by Gasteiger charge is 2.56. The van der Waals surface area contributed by atoms with Crippen LogP contribution in [0, 0.1) is 12.8 Å². The molecule has 1 amide bonds. The minimum atomic E-state index is 0.0142. The number of carbonyl (C=O) groups is 1. The van der Waals surface area contributed by atoms with Crippen molar-refractivity contribution in [3.05, 3.63) is 29.3 Å². The summed E-state index contributed by atoms with van der Waals surface area (Å²) >= 11 is 0. The summed E-state index contributed by atoms with van der Waals surface area (Å²) in [5.41, 5.74) is 1.69. The third-order valence-electron chi connectivity index (χ3n) is 5.87. The van der Waals surface area contributed by atoms with E-state index in [9.17, 15) is 4.79 Å². The molecule has 0 aromatic heterocycles. The van der Waals surface area contributed by atoms with Gasteiger partial charge in [-0.25, -0.2) is 0 Å². The van der Waals surface area contributed by atoms with Gasteiger partial charge in [0.2, 0.25) is 0 Å². The molecule has 3 fully saturated rings. The zero-order chi connectivity index (χ0) is 16.7. The first-order valence-corrected chi connectivity index (χ1v) is 9.00. The third-order valence-corrected chi connectivity index (χ3v) is 5.87. The molecule has 2 aliphatic heterocycles. The molecule has 1 aliphatic carbocycles. The van der Waals surface area contributed by atoms with Crippen molar-refractivity contribution in [2.45, 2.75) is 44.4 Å². The van der Waals surface area contributed by atoms with Gasteiger partial charge in [0.15, 0.2) is 0 Å². The molecule has 1 N–H and O–H groups in total. The van der Waals surface area contributed by atoms with E-state index in [-0.39, 0.29) is 11.9 Å². The van der Waals surface area contributed by atoms with E-state index in [1.165, 1.54) is 12.8 Å². The molecule has 130 valence electrons. The average Bonchev–Trinajstić information content (AvgIpc) is 3.23. The second kappa shape index (κ2) is 6.37. The predicted octanol–water partition coefficient (Wildman–Crippen LogP) is 1.99. The molecule has 24 heavy (non-hydrogen) atoms. The highest BCUT2D eigenvalue weighted by molar-refractivity contribution is 5.95. The number of ether oxygens (including phenoxy) is 2. The van der Waals surface area contributed by atoms with Crippen LogP contribution in [0.15, 0.2) is 18.2 Å². The van der Waals surface area contributed by atoms with Gasteiger partial charge >= 0.3 is 0 Å². The van der Waals surface area contributed by atoms with E-state index in [1.807, 2.05) is 25.1 Å². The number of nitrogens with zero attached hydrogens (tertiary/aromatic N) is 1. The van der Waals surface area contributed by atoms with E-state index in [0.717, 1.165) is 37.4 Å². The van der Waals surface area contributed by atoms with Crippen LogP contribution in [0.5, 0.6) is 5.75 Å². The van der Waals surface area contributed by atoms with Crippen LogP contribution in [0.25, 0.3) is 0 Å². The van der Waals surface area contributed by atoms with Gasteiger partial charge in [0.1, 0.15) is 5.75 Å². The summed E-state index contributed by atoms with van der Waals surface area (Å²) in [7, 11) is 1.65. The SMILES string of the molecule is COc1ccc(C(=O)N[C@H]2[C@H]3CCO[C@H]3[C@@H]2N2CCCC2)cc1C. The summed E-state index contributed by atoms with van der Waals surface area (Å²) in [5, 5.41) is 3.29. The fraction of sp³-hybridized carbons (Fsp3) is 0.632. The minimum Gasteiger partial charge on any atom is -0.496 e. The highest BCUT2D eigenvalue weighted by Crippen LogP contribution is 2.43. The van der Waals surface area contributed by atoms with Gasteiger partial charge < -0.3 is 14.8 Å². The van der Waals surface area contributed by atoms with Crippen LogP contribution in [-0.4, -0.2) is 55.8 Å². The van der Waals surface area contributed by atoms with Crippen LogP contribution in [0.2, 0.25) is 0 Å². The lowest BCUT2D eigenvalue weighted by Gasteiger charge is -2.51. The lowest BCUT2D eigenvalue weighted by molar-refractivity contribution is -0.0747. The molecule has 4 atom stereocenters. The minimum absolute atomic E-state index is 0.0142. The molecule has 5 nitrogen and oxygen atoms in total. The number of hydrogen-bond acceptors (Lipinski definition) is 4. The molecule has 0 radical (unpaired) electrons. The Bertz CT molecular complexity index is 622. The third kappa shape index (κ3) is 2.60. The van der Waals surface area contributed by atoms with E-state index >= 15 is 0 Å². The van der Waals surface area contributed by atoms with Gasteiger partial charge in [0, 0.05) is 18.1 Å².